The van der Waals surface area contributed by atoms with E-state index in [1.165, 1.54) is 4.90 Å². The molecule has 126 valence electrons. The second-order valence-electron chi connectivity index (χ2n) is 5.41. The van der Waals surface area contributed by atoms with Crippen molar-refractivity contribution in [2.24, 2.45) is 0 Å². The molecule has 0 aliphatic heterocycles. The van der Waals surface area contributed by atoms with Gasteiger partial charge in [0.05, 0.1) is 13.7 Å². The minimum atomic E-state index is -0.176. The SMILES string of the molecule is COc1cccc(NCC(=O)Nc2ccc(C(=O)N(C)C)cc2)c1. The smallest absolute Gasteiger partial charge is 0.253 e. The summed E-state index contributed by atoms with van der Waals surface area (Å²) in [5, 5.41) is 5.81. The first-order valence-electron chi connectivity index (χ1n) is 7.49. The fourth-order valence-electron chi connectivity index (χ4n) is 2.07. The summed E-state index contributed by atoms with van der Waals surface area (Å²) in [4.78, 5) is 25.3. The van der Waals surface area contributed by atoms with E-state index < -0.39 is 0 Å². The summed E-state index contributed by atoms with van der Waals surface area (Å²) in [5.74, 6) is 0.471. The summed E-state index contributed by atoms with van der Waals surface area (Å²) >= 11 is 0. The number of amides is 2. The van der Waals surface area contributed by atoms with E-state index in [1.807, 2.05) is 24.3 Å². The van der Waals surface area contributed by atoms with Crippen LogP contribution in [0.15, 0.2) is 48.5 Å². The molecule has 0 aliphatic rings. The lowest BCUT2D eigenvalue weighted by Crippen LogP contribution is -2.22. The van der Waals surface area contributed by atoms with Crippen molar-refractivity contribution < 1.29 is 14.3 Å². The maximum atomic E-state index is 12.0. The minimum absolute atomic E-state index is 0.0763. The van der Waals surface area contributed by atoms with E-state index in [1.54, 1.807) is 45.5 Å². The highest BCUT2D eigenvalue weighted by Crippen LogP contribution is 2.16. The molecule has 0 heterocycles. The molecule has 2 rings (SSSR count). The predicted octanol–water partition coefficient (Wildman–Crippen LogP) is 2.45. The van der Waals surface area contributed by atoms with Crippen molar-refractivity contribution in [3.63, 3.8) is 0 Å². The zero-order chi connectivity index (χ0) is 17.5. The molecule has 0 radical (unpaired) electrons. The van der Waals surface area contributed by atoms with E-state index in [9.17, 15) is 9.59 Å². The van der Waals surface area contributed by atoms with Crippen molar-refractivity contribution in [1.82, 2.24) is 4.90 Å². The van der Waals surface area contributed by atoms with Gasteiger partial charge in [0.25, 0.3) is 5.91 Å². The van der Waals surface area contributed by atoms with Gasteiger partial charge >= 0.3 is 0 Å². The molecule has 0 bridgehead atoms. The third-order valence-corrected chi connectivity index (χ3v) is 3.34. The molecule has 2 aromatic carbocycles. The van der Waals surface area contributed by atoms with Gasteiger partial charge in [-0.2, -0.15) is 0 Å². The highest BCUT2D eigenvalue weighted by Gasteiger charge is 2.08. The summed E-state index contributed by atoms with van der Waals surface area (Å²) < 4.78 is 5.13. The number of anilines is 2. The van der Waals surface area contributed by atoms with E-state index in [4.69, 9.17) is 4.74 Å². The highest BCUT2D eigenvalue weighted by molar-refractivity contribution is 5.96. The molecule has 2 amide bonds. The summed E-state index contributed by atoms with van der Waals surface area (Å²) in [7, 11) is 4.99. The summed E-state index contributed by atoms with van der Waals surface area (Å²) in [6.07, 6.45) is 0. The maximum Gasteiger partial charge on any atom is 0.253 e. The molecule has 24 heavy (non-hydrogen) atoms. The normalized spacial score (nSPS) is 9.96. The van der Waals surface area contributed by atoms with Crippen LogP contribution in [0.4, 0.5) is 11.4 Å². The number of carbonyl (C=O) groups is 2. The Labute approximate surface area is 141 Å². The van der Waals surface area contributed by atoms with Crippen LogP contribution in [0.1, 0.15) is 10.4 Å². The van der Waals surface area contributed by atoms with Crippen LogP contribution in [0.5, 0.6) is 5.75 Å². The first kappa shape index (κ1) is 17.3. The van der Waals surface area contributed by atoms with E-state index in [2.05, 4.69) is 10.6 Å². The minimum Gasteiger partial charge on any atom is -0.497 e. The Morgan fingerprint density at radius 2 is 1.75 bits per heavy atom. The van der Waals surface area contributed by atoms with Gasteiger partial charge in [-0.15, -0.1) is 0 Å². The molecule has 6 heteroatoms. The topological polar surface area (TPSA) is 70.7 Å². The Morgan fingerprint density at radius 3 is 2.38 bits per heavy atom. The number of nitrogens with one attached hydrogen (secondary N) is 2. The lowest BCUT2D eigenvalue weighted by molar-refractivity contribution is -0.114. The van der Waals surface area contributed by atoms with Gasteiger partial charge in [-0.25, -0.2) is 0 Å². The fraction of sp³-hybridized carbons (Fsp3) is 0.222. The van der Waals surface area contributed by atoms with Crippen LogP contribution in [-0.2, 0) is 4.79 Å². The highest BCUT2D eigenvalue weighted by atomic mass is 16.5. The van der Waals surface area contributed by atoms with E-state index in [0.29, 0.717) is 11.3 Å². The van der Waals surface area contributed by atoms with E-state index in [-0.39, 0.29) is 18.4 Å². The lowest BCUT2D eigenvalue weighted by Gasteiger charge is -2.11. The van der Waals surface area contributed by atoms with Gasteiger partial charge in [0.2, 0.25) is 5.91 Å². The Kier molecular flexibility index (Phi) is 5.78. The number of ether oxygens (including phenoxy) is 1. The molecular weight excluding hydrogens is 306 g/mol. The van der Waals surface area contributed by atoms with Crippen molar-refractivity contribution in [3.8, 4) is 5.75 Å². The molecular formula is C18H21N3O3. The first-order valence-corrected chi connectivity index (χ1v) is 7.49. The Balaban J connectivity index is 1.89. The van der Waals surface area contributed by atoms with Crippen LogP contribution in [0.2, 0.25) is 0 Å². The number of methoxy groups -OCH3 is 1. The molecule has 0 spiro atoms. The number of benzene rings is 2. The van der Waals surface area contributed by atoms with Crippen molar-refractivity contribution >= 4 is 23.2 Å². The maximum absolute atomic E-state index is 12.0. The summed E-state index contributed by atoms with van der Waals surface area (Å²) in [6, 6.07) is 14.1. The average Bonchev–Trinajstić information content (AvgIpc) is 2.60. The Morgan fingerprint density at radius 1 is 1.04 bits per heavy atom. The predicted molar refractivity (Wildman–Crippen MR) is 94.6 cm³/mol. The van der Waals surface area contributed by atoms with E-state index >= 15 is 0 Å². The third-order valence-electron chi connectivity index (χ3n) is 3.34. The first-order chi connectivity index (χ1) is 11.5. The van der Waals surface area contributed by atoms with Gasteiger partial charge in [-0.1, -0.05) is 6.07 Å². The van der Waals surface area contributed by atoms with Crippen molar-refractivity contribution in [2.75, 3.05) is 38.4 Å². The zero-order valence-electron chi connectivity index (χ0n) is 14.0. The molecule has 0 unspecified atom stereocenters. The molecule has 2 N–H and O–H groups in total. The number of hydrogen-bond acceptors (Lipinski definition) is 4. The second kappa shape index (κ2) is 8.01. The fourth-order valence-corrected chi connectivity index (χ4v) is 2.07. The number of carbonyl (C=O) groups excluding carboxylic acids is 2. The van der Waals surface area contributed by atoms with Gasteiger partial charge < -0.3 is 20.3 Å². The van der Waals surface area contributed by atoms with Gasteiger partial charge in [0.15, 0.2) is 0 Å². The molecule has 0 aromatic heterocycles. The van der Waals surface area contributed by atoms with Crippen LogP contribution in [-0.4, -0.2) is 44.5 Å². The standard InChI is InChI=1S/C18H21N3O3/c1-21(2)18(23)13-7-9-14(10-8-13)20-17(22)12-19-15-5-4-6-16(11-15)24-3/h4-11,19H,12H2,1-3H3,(H,20,22). The van der Waals surface area contributed by atoms with Crippen LogP contribution in [0, 0.1) is 0 Å². The molecule has 6 nitrogen and oxygen atoms in total. The van der Waals surface area contributed by atoms with Gasteiger partial charge in [0.1, 0.15) is 5.75 Å². The van der Waals surface area contributed by atoms with Crippen LogP contribution >= 0.6 is 0 Å². The van der Waals surface area contributed by atoms with Crippen LogP contribution in [0.25, 0.3) is 0 Å². The largest absolute Gasteiger partial charge is 0.497 e. The van der Waals surface area contributed by atoms with Crippen LogP contribution < -0.4 is 15.4 Å². The molecule has 0 atom stereocenters. The number of nitrogens with zero attached hydrogens (tertiary/aromatic N) is 1. The van der Waals surface area contributed by atoms with Gasteiger partial charge in [-0.3, -0.25) is 9.59 Å². The molecule has 0 fully saturated rings. The number of rotatable bonds is 6. The molecule has 0 aliphatic carbocycles. The Bertz CT molecular complexity index is 712. The average molecular weight is 327 g/mol. The quantitative estimate of drug-likeness (QED) is 0.855. The second-order valence-corrected chi connectivity index (χ2v) is 5.41. The van der Waals surface area contributed by atoms with Gasteiger partial charge in [-0.05, 0) is 36.4 Å². The summed E-state index contributed by atoms with van der Waals surface area (Å²) in [5.41, 5.74) is 2.02. The summed E-state index contributed by atoms with van der Waals surface area (Å²) in [6.45, 7) is 0.131. The number of hydrogen-bond donors (Lipinski definition) is 2. The monoisotopic (exact) mass is 327 g/mol. The van der Waals surface area contributed by atoms with Crippen LogP contribution in [0.3, 0.4) is 0 Å². The van der Waals surface area contributed by atoms with Crippen molar-refractivity contribution in [1.29, 1.82) is 0 Å². The van der Waals surface area contributed by atoms with Crippen molar-refractivity contribution in [2.45, 2.75) is 0 Å². The lowest BCUT2D eigenvalue weighted by atomic mass is 10.2. The van der Waals surface area contributed by atoms with Gasteiger partial charge in [0, 0.05) is 37.1 Å². The van der Waals surface area contributed by atoms with E-state index in [0.717, 1.165) is 11.4 Å². The molecule has 2 aromatic rings. The molecule has 0 saturated carbocycles. The zero-order valence-corrected chi connectivity index (χ0v) is 14.0. The van der Waals surface area contributed by atoms with Crippen molar-refractivity contribution in [3.05, 3.63) is 54.1 Å². The third kappa shape index (κ3) is 4.74. The Hall–Kier alpha value is -3.02. The molecule has 0 saturated heterocycles.